The maximum atomic E-state index is 7.40. The molecular weight excluding hydrogens is 689 g/mol. The summed E-state index contributed by atoms with van der Waals surface area (Å²) in [6, 6.07) is 43.2. The van der Waals surface area contributed by atoms with E-state index in [0.717, 1.165) is 0 Å². The Morgan fingerprint density at radius 2 is 0.593 bits per heavy atom. The molecule has 0 saturated carbocycles. The third-order valence-corrected chi connectivity index (χ3v) is 25.0. The lowest BCUT2D eigenvalue weighted by Crippen LogP contribution is -2.55. The summed E-state index contributed by atoms with van der Waals surface area (Å²) in [5.74, 6) is 0. The maximum Gasteiger partial charge on any atom is 0.232 e. The normalized spacial score (nSPS) is 23.0. The van der Waals surface area contributed by atoms with Crippen molar-refractivity contribution >= 4 is 27.8 Å². The first-order chi connectivity index (χ1) is 24.9. The van der Waals surface area contributed by atoms with Crippen molar-refractivity contribution in [3.8, 4) is 0 Å². The molecule has 0 amide bonds. The van der Waals surface area contributed by atoms with Crippen LogP contribution < -0.4 is 0 Å². The Hall–Kier alpha value is -3.29. The summed E-state index contributed by atoms with van der Waals surface area (Å²) in [6.45, 7) is 37.7. The highest BCUT2D eigenvalue weighted by molar-refractivity contribution is 6.88. The Bertz CT molecular complexity index is 1790. The van der Waals surface area contributed by atoms with Gasteiger partial charge in [0.1, 0.15) is 11.2 Å². The second-order valence-corrected chi connectivity index (χ2v) is 30.7. The van der Waals surface area contributed by atoms with Crippen molar-refractivity contribution in [2.75, 3.05) is 0 Å². The van der Waals surface area contributed by atoms with E-state index in [1.807, 2.05) is 0 Å². The van der Waals surface area contributed by atoms with Crippen molar-refractivity contribution in [3.05, 3.63) is 154 Å². The summed E-state index contributed by atoms with van der Waals surface area (Å²) in [4.78, 5) is 0. The molecule has 2 aliphatic heterocycles. The van der Waals surface area contributed by atoms with Crippen LogP contribution in [0.5, 0.6) is 0 Å². The van der Waals surface area contributed by atoms with Crippen LogP contribution in [0, 0.1) is 0 Å². The van der Waals surface area contributed by atoms with Crippen LogP contribution in [-0.2, 0) is 20.1 Å². The third-order valence-electron chi connectivity index (χ3n) is 12.5. The lowest BCUT2D eigenvalue weighted by atomic mass is 9.84. The highest BCUT2D eigenvalue weighted by Gasteiger charge is 2.66. The van der Waals surface area contributed by atoms with E-state index in [9.17, 15) is 0 Å². The van der Waals surface area contributed by atoms with Crippen LogP contribution >= 0.6 is 0 Å². The monoisotopic (exact) mass is 756 g/mol. The van der Waals surface area contributed by atoms with Crippen molar-refractivity contribution < 1.29 is 8.85 Å². The highest BCUT2D eigenvalue weighted by atomic mass is 28.4. The Labute approximate surface area is 331 Å². The van der Waals surface area contributed by atoms with Gasteiger partial charge in [0.25, 0.3) is 0 Å². The zero-order chi connectivity index (χ0) is 40.2. The van der Waals surface area contributed by atoms with Crippen LogP contribution in [-0.4, -0.2) is 16.6 Å². The van der Waals surface area contributed by atoms with Crippen molar-refractivity contribution in [3.63, 3.8) is 0 Å². The van der Waals surface area contributed by atoms with Gasteiger partial charge in [0.15, 0.2) is 0 Å². The van der Waals surface area contributed by atoms with Crippen molar-refractivity contribution in [2.24, 2.45) is 0 Å². The lowest BCUT2D eigenvalue weighted by molar-refractivity contribution is 0.132. The van der Waals surface area contributed by atoms with E-state index in [4.69, 9.17) is 8.85 Å². The van der Waals surface area contributed by atoms with Crippen LogP contribution in [0.3, 0.4) is 0 Å². The largest absolute Gasteiger partial charge is 0.398 e. The van der Waals surface area contributed by atoms with Gasteiger partial charge < -0.3 is 8.85 Å². The van der Waals surface area contributed by atoms with E-state index < -0.39 is 27.8 Å². The fourth-order valence-electron chi connectivity index (χ4n) is 11.2. The fraction of sp³-hybridized carbons (Fsp3) is 0.440. The first-order valence-electron chi connectivity index (χ1n) is 20.0. The van der Waals surface area contributed by atoms with Gasteiger partial charge in [-0.1, -0.05) is 204 Å². The molecule has 0 saturated heterocycles. The van der Waals surface area contributed by atoms with E-state index in [-0.39, 0.29) is 20.2 Å². The molecular formula is C50H68O2Si2. The molecule has 0 unspecified atom stereocenters. The first-order valence-corrected chi connectivity index (χ1v) is 23.8. The van der Waals surface area contributed by atoms with E-state index in [0.29, 0.717) is 0 Å². The summed E-state index contributed by atoms with van der Waals surface area (Å²) in [5.41, 5.74) is 6.92. The zero-order valence-electron chi connectivity index (χ0n) is 36.4. The lowest BCUT2D eigenvalue weighted by Gasteiger charge is -2.50. The Morgan fingerprint density at radius 3 is 0.815 bits per heavy atom. The number of allylic oxidation sites excluding steroid dienone is 2. The third kappa shape index (κ3) is 6.69. The predicted molar refractivity (Wildman–Crippen MR) is 238 cm³/mol. The molecule has 54 heavy (non-hydrogen) atoms. The first kappa shape index (κ1) is 41.9. The molecule has 0 bridgehead atoms. The minimum Gasteiger partial charge on any atom is -0.398 e. The van der Waals surface area contributed by atoms with Gasteiger partial charge in [0, 0.05) is 0 Å². The maximum absolute atomic E-state index is 7.40. The van der Waals surface area contributed by atoms with Gasteiger partial charge in [-0.15, -0.1) is 0 Å². The molecule has 2 aliphatic rings. The molecule has 0 fully saturated rings. The minimum atomic E-state index is -2.32. The van der Waals surface area contributed by atoms with Crippen molar-refractivity contribution in [1.29, 1.82) is 0 Å². The summed E-state index contributed by atoms with van der Waals surface area (Å²) in [5, 5.41) is 3.31. The predicted octanol–water partition coefficient (Wildman–Crippen LogP) is 15.0. The van der Waals surface area contributed by atoms with E-state index >= 15 is 0 Å². The summed E-state index contributed by atoms with van der Waals surface area (Å²) < 4.78 is 14.8. The zero-order valence-corrected chi connectivity index (χ0v) is 38.4. The molecule has 2 nitrogen and oxygen atoms in total. The average Bonchev–Trinajstić information content (AvgIpc) is 3.52. The second kappa shape index (κ2) is 14.3. The molecule has 4 heteroatoms. The molecule has 0 spiro atoms. The van der Waals surface area contributed by atoms with Gasteiger partial charge in [0.2, 0.25) is 16.6 Å². The van der Waals surface area contributed by atoms with Crippen molar-refractivity contribution in [2.45, 2.75) is 142 Å². The fourth-order valence-corrected chi connectivity index (χ4v) is 24.8. The smallest absolute Gasteiger partial charge is 0.232 e. The van der Waals surface area contributed by atoms with Crippen LogP contribution in [0.1, 0.15) is 133 Å². The van der Waals surface area contributed by atoms with E-state index in [1.165, 1.54) is 43.8 Å². The topological polar surface area (TPSA) is 18.5 Å². The molecule has 4 aromatic carbocycles. The minimum absolute atomic E-state index is 0.0852. The Kier molecular flexibility index (Phi) is 11.1. The SMILES string of the molecule is CC1=C(c2ccccc2)[C@@](C)(c2ccccc2)O[Si]1(C(C)(C)C)C(C)(C)C.CC1=C(c2ccccc2)[C@](C)(c2ccccc2)O[Si]1(C(C)(C)C)C(C)(C)C. The van der Waals surface area contributed by atoms with Gasteiger partial charge in [-0.2, -0.15) is 0 Å². The van der Waals surface area contributed by atoms with Gasteiger partial charge in [0.05, 0.1) is 0 Å². The molecule has 288 valence electrons. The van der Waals surface area contributed by atoms with Crippen LogP contribution in [0.15, 0.2) is 132 Å². The van der Waals surface area contributed by atoms with E-state index in [1.54, 1.807) is 0 Å². The summed E-state index contributed by atoms with van der Waals surface area (Å²) in [6.07, 6.45) is 0. The average molecular weight is 757 g/mol. The van der Waals surface area contributed by atoms with Crippen LogP contribution in [0.4, 0.5) is 0 Å². The molecule has 0 aromatic heterocycles. The van der Waals surface area contributed by atoms with Gasteiger partial charge in [-0.05, 0) is 91.6 Å². The molecule has 2 atom stereocenters. The summed E-state index contributed by atoms with van der Waals surface area (Å²) >= 11 is 0. The molecule has 2 heterocycles. The summed E-state index contributed by atoms with van der Waals surface area (Å²) in [7, 11) is -4.65. The highest BCUT2D eigenvalue weighted by Crippen LogP contribution is 2.66. The Morgan fingerprint density at radius 1 is 0.370 bits per heavy atom. The Balaban J connectivity index is 0.000000208. The molecule has 4 aromatic rings. The van der Waals surface area contributed by atoms with Crippen molar-refractivity contribution in [1.82, 2.24) is 0 Å². The van der Waals surface area contributed by atoms with Gasteiger partial charge in [-0.3, -0.25) is 0 Å². The second-order valence-electron chi connectivity index (χ2n) is 20.1. The number of benzene rings is 4. The molecule has 0 radical (unpaired) electrons. The van der Waals surface area contributed by atoms with Crippen LogP contribution in [0.25, 0.3) is 11.1 Å². The molecule has 0 N–H and O–H groups in total. The molecule has 6 rings (SSSR count). The van der Waals surface area contributed by atoms with Crippen LogP contribution in [0.2, 0.25) is 20.2 Å². The molecule has 0 aliphatic carbocycles. The van der Waals surface area contributed by atoms with Gasteiger partial charge >= 0.3 is 0 Å². The quantitative estimate of drug-likeness (QED) is 0.193. The van der Waals surface area contributed by atoms with Gasteiger partial charge in [-0.25, -0.2) is 0 Å². The number of hydrogen-bond donors (Lipinski definition) is 0. The standard InChI is InChI=1S/2C25H34OSi/c2*1-19-22(20-15-11-9-12-16-20)25(8,21-17-13-10-14-18-21)26-27(19,23(2,3)4)24(5,6)7/h2*9-18H,1-8H3/t2*25-/m10/s1. The number of rotatable bonds is 4. The number of hydrogen-bond acceptors (Lipinski definition) is 2. The van der Waals surface area contributed by atoms with E-state index in [2.05, 4.69) is 232 Å².